The fourth-order valence-electron chi connectivity index (χ4n) is 2.80. The van der Waals surface area contributed by atoms with E-state index in [1.165, 1.54) is 0 Å². The number of carbonyl (C=O) groups is 1. The highest BCUT2D eigenvalue weighted by atomic mass is 16.6. The van der Waals surface area contributed by atoms with Crippen LogP contribution in [0, 0.1) is 5.92 Å². The van der Waals surface area contributed by atoms with Gasteiger partial charge in [0.2, 0.25) is 0 Å². The summed E-state index contributed by atoms with van der Waals surface area (Å²) < 4.78 is 22.9. The summed E-state index contributed by atoms with van der Waals surface area (Å²) in [5.74, 6) is -0.0414. The molecule has 5 heteroatoms. The van der Waals surface area contributed by atoms with Crippen molar-refractivity contribution in [2.24, 2.45) is 5.92 Å². The lowest BCUT2D eigenvalue weighted by Gasteiger charge is -2.21. The van der Waals surface area contributed by atoms with Gasteiger partial charge in [-0.25, -0.2) is 0 Å². The van der Waals surface area contributed by atoms with Crippen molar-refractivity contribution in [3.8, 4) is 0 Å². The van der Waals surface area contributed by atoms with Crippen molar-refractivity contribution in [2.45, 2.75) is 78.1 Å². The number of unbranched alkanes of at least 4 members (excludes halogenated alkanes) is 2. The maximum atomic E-state index is 11.7. The average molecular weight is 330 g/mol. The zero-order valence-corrected chi connectivity index (χ0v) is 15.2. The molecule has 0 aromatic carbocycles. The van der Waals surface area contributed by atoms with E-state index in [0.29, 0.717) is 13.2 Å². The highest BCUT2D eigenvalue weighted by Crippen LogP contribution is 2.32. The number of hydrogen-bond acceptors (Lipinski definition) is 5. The molecule has 1 unspecified atom stereocenters. The molecule has 1 heterocycles. The quantitative estimate of drug-likeness (QED) is 0.406. The Hall–Kier alpha value is -0.650. The SMILES string of the molecule is CCCCOC[C@H]1OC(CC(=O)OCC)[C@@H](C)[C@@H]1OCCCC. The van der Waals surface area contributed by atoms with Crippen molar-refractivity contribution in [3.05, 3.63) is 0 Å². The molecule has 23 heavy (non-hydrogen) atoms. The third-order valence-corrected chi connectivity index (χ3v) is 4.23. The Morgan fingerprint density at radius 1 is 1.04 bits per heavy atom. The van der Waals surface area contributed by atoms with Crippen molar-refractivity contribution in [3.63, 3.8) is 0 Å². The van der Waals surface area contributed by atoms with Gasteiger partial charge in [0.1, 0.15) is 6.10 Å². The Balaban J connectivity index is 2.54. The molecular formula is C18H34O5. The van der Waals surface area contributed by atoms with Crippen molar-refractivity contribution >= 4 is 5.97 Å². The second kappa shape index (κ2) is 11.8. The molecule has 136 valence electrons. The summed E-state index contributed by atoms with van der Waals surface area (Å²) in [6.07, 6.45) is 4.33. The van der Waals surface area contributed by atoms with Gasteiger partial charge in [-0.05, 0) is 19.8 Å². The molecule has 0 radical (unpaired) electrons. The van der Waals surface area contributed by atoms with E-state index < -0.39 is 0 Å². The van der Waals surface area contributed by atoms with Gasteiger partial charge in [0.25, 0.3) is 0 Å². The standard InChI is InChI=1S/C18H34O5/c1-5-8-10-20-13-16-18(22-11-9-6-2)14(4)15(23-16)12-17(19)21-7-3/h14-16,18H,5-13H2,1-4H3/t14-,15?,16-,18+/m1/s1. The van der Waals surface area contributed by atoms with Crippen LogP contribution in [0.1, 0.15) is 59.8 Å². The molecule has 0 saturated carbocycles. The Labute approximate surface area is 141 Å². The van der Waals surface area contributed by atoms with Crippen LogP contribution in [0.4, 0.5) is 0 Å². The van der Waals surface area contributed by atoms with Crippen molar-refractivity contribution in [1.82, 2.24) is 0 Å². The zero-order chi connectivity index (χ0) is 17.1. The predicted octanol–water partition coefficient (Wildman–Crippen LogP) is 3.35. The Kier molecular flexibility index (Phi) is 10.5. The van der Waals surface area contributed by atoms with Crippen molar-refractivity contribution in [2.75, 3.05) is 26.4 Å². The number of carbonyl (C=O) groups excluding carboxylic acids is 1. The summed E-state index contributed by atoms with van der Waals surface area (Å²) in [5, 5.41) is 0. The molecule has 1 saturated heterocycles. The van der Waals surface area contributed by atoms with Gasteiger partial charge in [-0.1, -0.05) is 33.6 Å². The summed E-state index contributed by atoms with van der Waals surface area (Å²) >= 11 is 0. The van der Waals surface area contributed by atoms with E-state index in [2.05, 4.69) is 20.8 Å². The summed E-state index contributed by atoms with van der Waals surface area (Å²) in [4.78, 5) is 11.7. The van der Waals surface area contributed by atoms with Crippen LogP contribution in [0.3, 0.4) is 0 Å². The molecule has 1 fully saturated rings. The molecule has 4 atom stereocenters. The van der Waals surface area contributed by atoms with E-state index in [1.807, 2.05) is 6.92 Å². The predicted molar refractivity (Wildman–Crippen MR) is 89.5 cm³/mol. The van der Waals surface area contributed by atoms with Gasteiger partial charge in [-0.3, -0.25) is 4.79 Å². The van der Waals surface area contributed by atoms with Gasteiger partial charge in [0, 0.05) is 19.1 Å². The Morgan fingerprint density at radius 2 is 1.74 bits per heavy atom. The summed E-state index contributed by atoms with van der Waals surface area (Å²) in [5.41, 5.74) is 0. The van der Waals surface area contributed by atoms with Crippen LogP contribution < -0.4 is 0 Å². The summed E-state index contributed by atoms with van der Waals surface area (Å²) in [6, 6.07) is 0. The molecule has 0 N–H and O–H groups in total. The molecule has 0 bridgehead atoms. The molecule has 0 spiro atoms. The minimum Gasteiger partial charge on any atom is -0.466 e. The smallest absolute Gasteiger partial charge is 0.308 e. The lowest BCUT2D eigenvalue weighted by atomic mass is 9.96. The third-order valence-electron chi connectivity index (χ3n) is 4.23. The Morgan fingerprint density at radius 3 is 2.39 bits per heavy atom. The molecule has 0 aromatic rings. The summed E-state index contributed by atoms with van der Waals surface area (Å²) in [7, 11) is 0. The highest BCUT2D eigenvalue weighted by Gasteiger charge is 2.43. The monoisotopic (exact) mass is 330 g/mol. The van der Waals surface area contributed by atoms with Crippen LogP contribution in [0.25, 0.3) is 0 Å². The minimum atomic E-state index is -0.204. The highest BCUT2D eigenvalue weighted by molar-refractivity contribution is 5.70. The zero-order valence-electron chi connectivity index (χ0n) is 15.2. The molecule has 1 rings (SSSR count). The number of esters is 1. The van der Waals surface area contributed by atoms with E-state index in [1.54, 1.807) is 0 Å². The van der Waals surface area contributed by atoms with E-state index in [-0.39, 0.29) is 36.6 Å². The normalized spacial score (nSPS) is 27.3. The second-order valence-corrected chi connectivity index (χ2v) is 6.20. The first-order chi connectivity index (χ1) is 11.1. The fraction of sp³-hybridized carbons (Fsp3) is 0.944. The molecule has 0 aliphatic carbocycles. The summed E-state index contributed by atoms with van der Waals surface area (Å²) in [6.45, 7) is 10.6. The van der Waals surface area contributed by atoms with Gasteiger partial charge in [0.05, 0.1) is 31.8 Å². The van der Waals surface area contributed by atoms with Crippen LogP contribution in [0.5, 0.6) is 0 Å². The van der Waals surface area contributed by atoms with Crippen LogP contribution in [0.15, 0.2) is 0 Å². The Bertz CT molecular complexity index is 321. The molecule has 0 amide bonds. The van der Waals surface area contributed by atoms with Gasteiger partial charge >= 0.3 is 5.97 Å². The molecule has 5 nitrogen and oxygen atoms in total. The molecule has 0 aromatic heterocycles. The van der Waals surface area contributed by atoms with Crippen molar-refractivity contribution < 1.29 is 23.7 Å². The maximum Gasteiger partial charge on any atom is 0.308 e. The topological polar surface area (TPSA) is 54.0 Å². The van der Waals surface area contributed by atoms with Crippen LogP contribution >= 0.6 is 0 Å². The minimum absolute atomic E-state index is 0.0115. The van der Waals surface area contributed by atoms with Gasteiger partial charge in [-0.15, -0.1) is 0 Å². The van der Waals surface area contributed by atoms with Gasteiger partial charge in [0.15, 0.2) is 0 Å². The van der Waals surface area contributed by atoms with Gasteiger partial charge in [-0.2, -0.15) is 0 Å². The average Bonchev–Trinajstić information content (AvgIpc) is 2.81. The van der Waals surface area contributed by atoms with Crippen LogP contribution in [-0.4, -0.2) is 50.7 Å². The van der Waals surface area contributed by atoms with E-state index in [4.69, 9.17) is 18.9 Å². The van der Waals surface area contributed by atoms with Crippen LogP contribution in [-0.2, 0) is 23.7 Å². The van der Waals surface area contributed by atoms with E-state index in [9.17, 15) is 4.79 Å². The lowest BCUT2D eigenvalue weighted by molar-refractivity contribution is -0.147. The molecule has 1 aliphatic heterocycles. The number of hydrogen-bond donors (Lipinski definition) is 0. The second-order valence-electron chi connectivity index (χ2n) is 6.20. The van der Waals surface area contributed by atoms with Crippen molar-refractivity contribution in [1.29, 1.82) is 0 Å². The first kappa shape index (κ1) is 20.4. The number of rotatable bonds is 12. The van der Waals surface area contributed by atoms with Crippen LogP contribution in [0.2, 0.25) is 0 Å². The van der Waals surface area contributed by atoms with E-state index >= 15 is 0 Å². The number of ether oxygens (including phenoxy) is 4. The maximum absolute atomic E-state index is 11.7. The first-order valence-electron chi connectivity index (χ1n) is 9.14. The van der Waals surface area contributed by atoms with Gasteiger partial charge < -0.3 is 18.9 Å². The molecular weight excluding hydrogens is 296 g/mol. The largest absolute Gasteiger partial charge is 0.466 e. The third kappa shape index (κ3) is 7.19. The first-order valence-corrected chi connectivity index (χ1v) is 9.14. The molecule has 1 aliphatic rings. The van der Waals surface area contributed by atoms with E-state index in [0.717, 1.165) is 38.9 Å². The lowest BCUT2D eigenvalue weighted by Crippen LogP contribution is -2.33. The fourth-order valence-corrected chi connectivity index (χ4v) is 2.80.